The molecule has 19 heavy (non-hydrogen) atoms. The molecular weight excluding hydrogens is 232 g/mol. The van der Waals surface area contributed by atoms with Crippen molar-refractivity contribution in [3.05, 3.63) is 11.8 Å². The average molecular weight is 264 g/mol. The molecule has 1 aliphatic carbocycles. The summed E-state index contributed by atoms with van der Waals surface area (Å²) < 4.78 is 0. The highest BCUT2D eigenvalue weighted by molar-refractivity contribution is 5.20. The van der Waals surface area contributed by atoms with Gasteiger partial charge in [0.2, 0.25) is 0 Å². The van der Waals surface area contributed by atoms with Gasteiger partial charge in [-0.25, -0.2) is 0 Å². The Hall–Kier alpha value is -0.500. The quantitative estimate of drug-likeness (QED) is 0.749. The Morgan fingerprint density at radius 1 is 1.05 bits per heavy atom. The van der Waals surface area contributed by atoms with Crippen molar-refractivity contribution in [3.63, 3.8) is 0 Å². The number of hydrogen-bond donors (Lipinski definition) is 0. The summed E-state index contributed by atoms with van der Waals surface area (Å²) in [6.07, 6.45) is 7.91. The smallest absolute Gasteiger partial charge is 0.0236 e. The van der Waals surface area contributed by atoms with Crippen LogP contribution in [0.1, 0.15) is 53.4 Å². The Labute approximate surface area is 119 Å². The van der Waals surface area contributed by atoms with Crippen molar-refractivity contribution >= 4 is 0 Å². The highest BCUT2D eigenvalue weighted by Gasteiger charge is 2.47. The molecule has 1 heterocycles. The van der Waals surface area contributed by atoms with Crippen LogP contribution < -0.4 is 0 Å². The van der Waals surface area contributed by atoms with Gasteiger partial charge in [-0.1, -0.05) is 40.2 Å². The summed E-state index contributed by atoms with van der Waals surface area (Å²) in [6, 6.07) is 0.670. The first kappa shape index (κ1) is 14.9. The first-order valence-electron chi connectivity index (χ1n) is 7.87. The summed E-state index contributed by atoms with van der Waals surface area (Å²) in [5.74, 6) is 0. The zero-order valence-corrected chi connectivity index (χ0v) is 13.8. The van der Waals surface area contributed by atoms with Crippen molar-refractivity contribution < 1.29 is 0 Å². The van der Waals surface area contributed by atoms with E-state index in [1.165, 1.54) is 44.5 Å². The molecule has 0 amide bonds. The van der Waals surface area contributed by atoms with Crippen LogP contribution in [-0.4, -0.2) is 43.0 Å². The molecule has 0 bridgehead atoms. The summed E-state index contributed by atoms with van der Waals surface area (Å²) in [4.78, 5) is 5.07. The fourth-order valence-electron chi connectivity index (χ4n) is 4.56. The van der Waals surface area contributed by atoms with Crippen molar-refractivity contribution in [1.29, 1.82) is 0 Å². The van der Waals surface area contributed by atoms with E-state index < -0.39 is 0 Å². The Morgan fingerprint density at radius 2 is 1.63 bits per heavy atom. The number of nitrogens with zero attached hydrogens (tertiary/aromatic N) is 2. The van der Waals surface area contributed by atoms with Gasteiger partial charge in [0.05, 0.1) is 0 Å². The minimum atomic E-state index is 0.263. The third kappa shape index (κ3) is 2.99. The fraction of sp³-hybridized carbons (Fsp3) is 0.882. The molecule has 1 fully saturated rings. The van der Waals surface area contributed by atoms with Gasteiger partial charge in [-0.15, -0.1) is 0 Å². The topological polar surface area (TPSA) is 6.48 Å². The molecule has 0 radical (unpaired) electrons. The molecule has 2 aliphatic rings. The SMILES string of the molecule is CN(C)C1=CC(C)(C)C(N2CCCCC2)C(C)(C)C1. The van der Waals surface area contributed by atoms with Crippen LogP contribution in [0.4, 0.5) is 0 Å². The van der Waals surface area contributed by atoms with Crippen LogP contribution >= 0.6 is 0 Å². The van der Waals surface area contributed by atoms with Gasteiger partial charge in [-0.3, -0.25) is 4.90 Å². The molecule has 0 N–H and O–H groups in total. The lowest BCUT2D eigenvalue weighted by Gasteiger charge is -2.54. The molecule has 110 valence electrons. The highest BCUT2D eigenvalue weighted by atomic mass is 15.2. The zero-order valence-electron chi connectivity index (χ0n) is 13.8. The molecule has 2 rings (SSSR count). The van der Waals surface area contributed by atoms with E-state index in [1.54, 1.807) is 0 Å². The molecule has 0 aromatic carbocycles. The van der Waals surface area contributed by atoms with Crippen LogP contribution in [0.2, 0.25) is 0 Å². The van der Waals surface area contributed by atoms with Gasteiger partial charge < -0.3 is 4.90 Å². The van der Waals surface area contributed by atoms with Crippen LogP contribution in [0.3, 0.4) is 0 Å². The van der Waals surface area contributed by atoms with Gasteiger partial charge >= 0.3 is 0 Å². The normalized spacial score (nSPS) is 30.8. The minimum absolute atomic E-state index is 0.263. The molecule has 1 atom stereocenters. The van der Waals surface area contributed by atoms with Gasteiger partial charge in [-0.2, -0.15) is 0 Å². The number of piperidine rings is 1. The van der Waals surface area contributed by atoms with Gasteiger partial charge in [0.25, 0.3) is 0 Å². The van der Waals surface area contributed by atoms with Crippen molar-refractivity contribution in [2.45, 2.75) is 59.4 Å². The van der Waals surface area contributed by atoms with Crippen LogP contribution in [-0.2, 0) is 0 Å². The van der Waals surface area contributed by atoms with Gasteiger partial charge in [0.15, 0.2) is 0 Å². The maximum atomic E-state index is 2.77. The molecular formula is C17H32N2. The lowest BCUT2D eigenvalue weighted by molar-refractivity contribution is -0.00413. The number of likely N-dealkylation sites (tertiary alicyclic amines) is 1. The molecule has 1 unspecified atom stereocenters. The van der Waals surface area contributed by atoms with E-state index in [9.17, 15) is 0 Å². The van der Waals surface area contributed by atoms with E-state index in [0.717, 1.165) is 0 Å². The maximum Gasteiger partial charge on any atom is 0.0236 e. The lowest BCUT2D eigenvalue weighted by Crippen LogP contribution is -2.57. The highest BCUT2D eigenvalue weighted by Crippen LogP contribution is 2.48. The largest absolute Gasteiger partial charge is 0.381 e. The number of rotatable bonds is 2. The van der Waals surface area contributed by atoms with Gasteiger partial charge in [0, 0.05) is 31.2 Å². The minimum Gasteiger partial charge on any atom is -0.381 e. The second-order valence-electron chi connectivity index (χ2n) is 8.02. The van der Waals surface area contributed by atoms with E-state index in [0.29, 0.717) is 11.5 Å². The summed E-state index contributed by atoms with van der Waals surface area (Å²) in [7, 11) is 4.36. The fourth-order valence-corrected chi connectivity index (χ4v) is 4.56. The molecule has 2 heteroatoms. The first-order chi connectivity index (χ1) is 8.74. The summed E-state index contributed by atoms with van der Waals surface area (Å²) in [5.41, 5.74) is 2.12. The Bertz CT molecular complexity index is 346. The lowest BCUT2D eigenvalue weighted by atomic mass is 9.62. The molecule has 0 spiro atoms. The molecule has 1 saturated heterocycles. The summed E-state index contributed by atoms with van der Waals surface area (Å²) >= 11 is 0. The van der Waals surface area contributed by atoms with E-state index in [-0.39, 0.29) is 5.41 Å². The molecule has 0 saturated carbocycles. The van der Waals surface area contributed by atoms with Crippen molar-refractivity contribution in [1.82, 2.24) is 9.80 Å². The van der Waals surface area contributed by atoms with Crippen LogP contribution in [0.15, 0.2) is 11.8 Å². The standard InChI is InChI=1S/C17H32N2/c1-16(2)12-14(18(5)6)13-17(3,4)15(16)19-10-8-7-9-11-19/h12,15H,7-11,13H2,1-6H3. The Balaban J connectivity index is 2.30. The number of hydrogen-bond acceptors (Lipinski definition) is 2. The van der Waals surface area contributed by atoms with Gasteiger partial charge in [-0.05, 0) is 37.8 Å². The van der Waals surface area contributed by atoms with E-state index >= 15 is 0 Å². The molecule has 2 nitrogen and oxygen atoms in total. The second-order valence-corrected chi connectivity index (χ2v) is 8.02. The zero-order chi connectivity index (χ0) is 14.3. The predicted octanol–water partition coefficient (Wildman–Crippen LogP) is 3.74. The molecule has 1 aliphatic heterocycles. The third-order valence-corrected chi connectivity index (χ3v) is 4.95. The molecule has 0 aromatic rings. The van der Waals surface area contributed by atoms with Crippen LogP contribution in [0, 0.1) is 10.8 Å². The van der Waals surface area contributed by atoms with Crippen LogP contribution in [0.25, 0.3) is 0 Å². The predicted molar refractivity (Wildman–Crippen MR) is 83.2 cm³/mol. The first-order valence-corrected chi connectivity index (χ1v) is 7.87. The van der Waals surface area contributed by atoms with Crippen molar-refractivity contribution in [2.75, 3.05) is 27.2 Å². The second kappa shape index (κ2) is 5.12. The monoisotopic (exact) mass is 264 g/mol. The van der Waals surface area contributed by atoms with E-state index in [1.807, 2.05) is 0 Å². The summed E-state index contributed by atoms with van der Waals surface area (Å²) in [6.45, 7) is 12.4. The number of allylic oxidation sites excluding steroid dienone is 1. The Morgan fingerprint density at radius 3 is 2.11 bits per heavy atom. The van der Waals surface area contributed by atoms with E-state index in [2.05, 4.69) is 57.7 Å². The Kier molecular flexibility index (Phi) is 4.02. The third-order valence-electron chi connectivity index (χ3n) is 4.95. The van der Waals surface area contributed by atoms with E-state index in [4.69, 9.17) is 0 Å². The summed E-state index contributed by atoms with van der Waals surface area (Å²) in [5, 5.41) is 0. The average Bonchev–Trinajstić information content (AvgIpc) is 2.26. The van der Waals surface area contributed by atoms with Crippen molar-refractivity contribution in [2.24, 2.45) is 10.8 Å². The maximum absolute atomic E-state index is 2.77. The molecule has 0 aromatic heterocycles. The van der Waals surface area contributed by atoms with Crippen LogP contribution in [0.5, 0.6) is 0 Å². The van der Waals surface area contributed by atoms with Crippen molar-refractivity contribution in [3.8, 4) is 0 Å². The van der Waals surface area contributed by atoms with Gasteiger partial charge in [0.1, 0.15) is 0 Å².